The standard InChI is InChI=1S/C19H28N2O4S/c1-14(2)11-25-17-6-4-5-16(9-17)10-20-7-8-21(15(3)22)19-13-26(23,24)12-18(19)20/h4-6,9,14,18-19H,7-8,10-13H2,1-3H3/t18-,19+/m0/s1. The van der Waals surface area contributed by atoms with Crippen molar-refractivity contribution in [3.8, 4) is 5.75 Å². The highest BCUT2D eigenvalue weighted by atomic mass is 32.2. The molecule has 1 aromatic rings. The van der Waals surface area contributed by atoms with E-state index in [0.717, 1.165) is 11.3 Å². The van der Waals surface area contributed by atoms with Gasteiger partial charge in [-0.25, -0.2) is 8.42 Å². The molecule has 2 fully saturated rings. The molecule has 0 spiro atoms. The molecule has 2 atom stereocenters. The lowest BCUT2D eigenvalue weighted by atomic mass is 10.0. The van der Waals surface area contributed by atoms with Gasteiger partial charge in [-0.2, -0.15) is 0 Å². The quantitative estimate of drug-likeness (QED) is 0.775. The maximum absolute atomic E-state index is 12.2. The zero-order valence-corrected chi connectivity index (χ0v) is 16.5. The fourth-order valence-corrected chi connectivity index (χ4v) is 5.85. The highest BCUT2D eigenvalue weighted by Gasteiger charge is 2.47. The summed E-state index contributed by atoms with van der Waals surface area (Å²) in [4.78, 5) is 15.8. The van der Waals surface area contributed by atoms with Crippen LogP contribution in [0.5, 0.6) is 5.75 Å². The fourth-order valence-electron chi connectivity index (χ4n) is 3.84. The zero-order chi connectivity index (χ0) is 18.9. The molecule has 2 saturated heterocycles. The first-order chi connectivity index (χ1) is 12.2. The second kappa shape index (κ2) is 7.56. The first-order valence-corrected chi connectivity index (χ1v) is 11.0. The van der Waals surface area contributed by atoms with E-state index in [9.17, 15) is 13.2 Å². The van der Waals surface area contributed by atoms with Crippen LogP contribution in [-0.2, 0) is 21.2 Å². The first kappa shape index (κ1) is 19.2. The van der Waals surface area contributed by atoms with Crippen LogP contribution in [0.1, 0.15) is 26.3 Å². The molecule has 2 aliphatic heterocycles. The Morgan fingerprint density at radius 3 is 2.65 bits per heavy atom. The van der Waals surface area contributed by atoms with E-state index < -0.39 is 9.84 Å². The topological polar surface area (TPSA) is 66.9 Å². The minimum Gasteiger partial charge on any atom is -0.493 e. The molecule has 0 radical (unpaired) electrons. The number of hydrogen-bond donors (Lipinski definition) is 0. The lowest BCUT2D eigenvalue weighted by molar-refractivity contribution is -0.134. The molecule has 0 N–H and O–H groups in total. The normalized spacial score (nSPS) is 25.3. The molecule has 0 unspecified atom stereocenters. The lowest BCUT2D eigenvalue weighted by Crippen LogP contribution is -2.59. The van der Waals surface area contributed by atoms with Gasteiger partial charge < -0.3 is 9.64 Å². The van der Waals surface area contributed by atoms with E-state index in [2.05, 4.69) is 18.7 Å². The van der Waals surface area contributed by atoms with Gasteiger partial charge in [-0.1, -0.05) is 26.0 Å². The van der Waals surface area contributed by atoms with Crippen LogP contribution in [0, 0.1) is 5.92 Å². The zero-order valence-electron chi connectivity index (χ0n) is 15.7. The van der Waals surface area contributed by atoms with E-state index in [1.54, 1.807) is 4.90 Å². The maximum atomic E-state index is 12.2. The highest BCUT2D eigenvalue weighted by molar-refractivity contribution is 7.91. The minimum absolute atomic E-state index is 0.0409. The first-order valence-electron chi connectivity index (χ1n) is 9.18. The van der Waals surface area contributed by atoms with Gasteiger partial charge in [0.2, 0.25) is 5.91 Å². The predicted octanol–water partition coefficient (Wildman–Crippen LogP) is 1.55. The summed E-state index contributed by atoms with van der Waals surface area (Å²) in [7, 11) is -3.11. The third kappa shape index (κ3) is 4.38. The van der Waals surface area contributed by atoms with E-state index in [1.165, 1.54) is 6.92 Å². The van der Waals surface area contributed by atoms with Gasteiger partial charge in [0.25, 0.3) is 0 Å². The Bertz CT molecular complexity index is 763. The number of carbonyl (C=O) groups excluding carboxylic acids is 1. The van der Waals surface area contributed by atoms with Crippen molar-refractivity contribution >= 4 is 15.7 Å². The second-order valence-corrected chi connectivity index (χ2v) is 9.90. The Morgan fingerprint density at radius 1 is 1.23 bits per heavy atom. The molecule has 3 rings (SSSR count). The number of ether oxygens (including phenoxy) is 1. The summed E-state index contributed by atoms with van der Waals surface area (Å²) < 4.78 is 30.2. The van der Waals surface area contributed by atoms with E-state index in [-0.39, 0.29) is 29.5 Å². The molecule has 1 amide bonds. The molecular formula is C19H28N2O4S. The number of benzene rings is 1. The van der Waals surface area contributed by atoms with Gasteiger partial charge in [-0.3, -0.25) is 9.69 Å². The van der Waals surface area contributed by atoms with Gasteiger partial charge in [0.05, 0.1) is 24.2 Å². The summed E-state index contributed by atoms with van der Waals surface area (Å²) in [5, 5.41) is 0. The molecule has 2 heterocycles. The Hall–Kier alpha value is -1.60. The molecule has 144 valence electrons. The lowest BCUT2D eigenvalue weighted by Gasteiger charge is -2.43. The SMILES string of the molecule is CC(=O)N1CCN(Cc2cccc(OCC(C)C)c2)[C@H]2CS(=O)(=O)C[C@H]21. The third-order valence-electron chi connectivity index (χ3n) is 5.06. The van der Waals surface area contributed by atoms with Crippen molar-refractivity contribution in [1.82, 2.24) is 9.80 Å². The van der Waals surface area contributed by atoms with E-state index in [1.807, 2.05) is 24.3 Å². The Morgan fingerprint density at radius 2 is 1.96 bits per heavy atom. The Balaban J connectivity index is 1.74. The third-order valence-corrected chi connectivity index (χ3v) is 6.76. The largest absolute Gasteiger partial charge is 0.493 e. The molecule has 0 saturated carbocycles. The Kier molecular flexibility index (Phi) is 5.58. The summed E-state index contributed by atoms with van der Waals surface area (Å²) in [5.41, 5.74) is 1.10. The summed E-state index contributed by atoms with van der Waals surface area (Å²) in [5.74, 6) is 1.47. The average molecular weight is 381 g/mol. The van der Waals surface area contributed by atoms with Gasteiger partial charge in [0.15, 0.2) is 9.84 Å². The van der Waals surface area contributed by atoms with E-state index >= 15 is 0 Å². The highest BCUT2D eigenvalue weighted by Crippen LogP contribution is 2.28. The molecular weight excluding hydrogens is 352 g/mol. The van der Waals surface area contributed by atoms with Gasteiger partial charge in [0, 0.05) is 32.6 Å². The number of fused-ring (bicyclic) bond motifs is 1. The molecule has 26 heavy (non-hydrogen) atoms. The van der Waals surface area contributed by atoms with Crippen LogP contribution < -0.4 is 4.74 Å². The van der Waals surface area contributed by atoms with Crippen molar-refractivity contribution < 1.29 is 17.9 Å². The summed E-state index contributed by atoms with van der Waals surface area (Å²) in [6.45, 7) is 8.35. The van der Waals surface area contributed by atoms with Crippen LogP contribution in [0.3, 0.4) is 0 Å². The number of sulfone groups is 1. The average Bonchev–Trinajstić information content (AvgIpc) is 2.88. The van der Waals surface area contributed by atoms with Gasteiger partial charge in [-0.05, 0) is 23.6 Å². The summed E-state index contributed by atoms with van der Waals surface area (Å²) in [6.07, 6.45) is 0. The molecule has 6 nitrogen and oxygen atoms in total. The van der Waals surface area contributed by atoms with Crippen LogP contribution in [0.15, 0.2) is 24.3 Å². The van der Waals surface area contributed by atoms with E-state index in [0.29, 0.717) is 32.2 Å². The summed E-state index contributed by atoms with van der Waals surface area (Å²) in [6, 6.07) is 7.63. The number of rotatable bonds is 5. The van der Waals surface area contributed by atoms with Crippen molar-refractivity contribution in [1.29, 1.82) is 0 Å². The van der Waals surface area contributed by atoms with Gasteiger partial charge in [0.1, 0.15) is 5.75 Å². The van der Waals surface area contributed by atoms with Crippen molar-refractivity contribution in [2.24, 2.45) is 5.92 Å². The van der Waals surface area contributed by atoms with E-state index in [4.69, 9.17) is 4.74 Å². The van der Waals surface area contributed by atoms with Crippen LogP contribution in [0.2, 0.25) is 0 Å². The molecule has 0 bridgehead atoms. The number of amides is 1. The summed E-state index contributed by atoms with van der Waals surface area (Å²) >= 11 is 0. The Labute approximate surface area is 156 Å². The maximum Gasteiger partial charge on any atom is 0.219 e. The van der Waals surface area contributed by atoms with Crippen molar-refractivity contribution in [2.75, 3.05) is 31.2 Å². The number of nitrogens with zero attached hydrogens (tertiary/aromatic N) is 2. The van der Waals surface area contributed by atoms with Crippen LogP contribution in [0.4, 0.5) is 0 Å². The van der Waals surface area contributed by atoms with Crippen LogP contribution >= 0.6 is 0 Å². The predicted molar refractivity (Wildman–Crippen MR) is 101 cm³/mol. The molecule has 0 aliphatic carbocycles. The van der Waals surface area contributed by atoms with Crippen molar-refractivity contribution in [3.05, 3.63) is 29.8 Å². The molecule has 7 heteroatoms. The van der Waals surface area contributed by atoms with Crippen LogP contribution in [-0.4, -0.2) is 67.4 Å². The van der Waals surface area contributed by atoms with Crippen LogP contribution in [0.25, 0.3) is 0 Å². The second-order valence-electron chi connectivity index (χ2n) is 7.75. The van der Waals surface area contributed by atoms with Gasteiger partial charge in [-0.15, -0.1) is 0 Å². The smallest absolute Gasteiger partial charge is 0.219 e. The minimum atomic E-state index is -3.11. The van der Waals surface area contributed by atoms with Gasteiger partial charge >= 0.3 is 0 Å². The number of carbonyl (C=O) groups is 1. The fraction of sp³-hybridized carbons (Fsp3) is 0.632. The molecule has 2 aliphatic rings. The molecule has 1 aromatic carbocycles. The van der Waals surface area contributed by atoms with Crippen molar-refractivity contribution in [2.45, 2.75) is 39.4 Å². The van der Waals surface area contributed by atoms with Crippen molar-refractivity contribution in [3.63, 3.8) is 0 Å². The molecule has 0 aromatic heterocycles. The number of hydrogen-bond acceptors (Lipinski definition) is 5. The number of piperazine rings is 1. The monoisotopic (exact) mass is 380 g/mol.